The van der Waals surface area contributed by atoms with Crippen molar-refractivity contribution in [1.82, 2.24) is 19.9 Å². The molecule has 0 radical (unpaired) electrons. The topological polar surface area (TPSA) is 107 Å². The highest BCUT2D eigenvalue weighted by molar-refractivity contribution is 6.74. The number of carbonyl (C=O) groups excluding carboxylic acids is 3. The number of rotatable bonds is 7. The molecule has 11 heteroatoms. The number of carbonyl (C=O) groups is 3. The van der Waals surface area contributed by atoms with Crippen molar-refractivity contribution >= 4 is 31.7 Å². The second-order valence-electron chi connectivity index (χ2n) is 11.3. The SMILES string of the molecule is CC(C)(C)[Si](C)(C)OCc1c(CN2C(=O)c3ccccc3C2=O)nnn1-c1ccc(N2CCOCC2=O)cc1. The molecule has 5 rings (SSSR count). The number of hydrogen-bond donors (Lipinski definition) is 0. The average molecular weight is 548 g/mol. The lowest BCUT2D eigenvalue weighted by atomic mass is 10.1. The number of benzene rings is 2. The molecular formula is C28H33N5O5Si. The van der Waals surface area contributed by atoms with Gasteiger partial charge >= 0.3 is 0 Å². The molecule has 2 aromatic carbocycles. The number of nitrogens with zero attached hydrogens (tertiary/aromatic N) is 5. The van der Waals surface area contributed by atoms with Crippen molar-refractivity contribution in [3.63, 3.8) is 0 Å². The lowest BCUT2D eigenvalue weighted by Crippen LogP contribution is -2.41. The van der Waals surface area contributed by atoms with E-state index < -0.39 is 8.32 Å². The van der Waals surface area contributed by atoms with Gasteiger partial charge in [0.25, 0.3) is 17.7 Å². The molecule has 3 amide bonds. The number of amides is 3. The predicted molar refractivity (Wildman–Crippen MR) is 147 cm³/mol. The van der Waals surface area contributed by atoms with Gasteiger partial charge in [0.05, 0.1) is 42.3 Å². The summed E-state index contributed by atoms with van der Waals surface area (Å²) in [6, 6.07) is 14.3. The van der Waals surface area contributed by atoms with Crippen LogP contribution in [0.5, 0.6) is 0 Å². The number of anilines is 1. The minimum Gasteiger partial charge on any atom is -0.411 e. The molecule has 0 saturated carbocycles. The molecule has 1 fully saturated rings. The Kier molecular flexibility index (Phi) is 7.00. The maximum Gasteiger partial charge on any atom is 0.261 e. The quantitative estimate of drug-likeness (QED) is 0.326. The lowest BCUT2D eigenvalue weighted by molar-refractivity contribution is -0.125. The summed E-state index contributed by atoms with van der Waals surface area (Å²) in [5.74, 6) is -0.775. The molecule has 39 heavy (non-hydrogen) atoms. The van der Waals surface area contributed by atoms with Crippen molar-refractivity contribution in [3.05, 3.63) is 71.0 Å². The molecule has 2 aliphatic heterocycles. The molecule has 0 unspecified atom stereocenters. The van der Waals surface area contributed by atoms with Crippen LogP contribution < -0.4 is 4.90 Å². The van der Waals surface area contributed by atoms with E-state index >= 15 is 0 Å². The summed E-state index contributed by atoms with van der Waals surface area (Å²) >= 11 is 0. The number of aromatic nitrogens is 3. The van der Waals surface area contributed by atoms with E-state index in [0.717, 1.165) is 11.4 Å². The van der Waals surface area contributed by atoms with E-state index in [2.05, 4.69) is 44.2 Å². The highest BCUT2D eigenvalue weighted by Gasteiger charge is 2.39. The Balaban J connectivity index is 1.47. The molecule has 10 nitrogen and oxygen atoms in total. The normalized spacial score (nSPS) is 16.3. The fraction of sp³-hybridized carbons (Fsp3) is 0.393. The van der Waals surface area contributed by atoms with E-state index in [9.17, 15) is 14.4 Å². The number of imide groups is 1. The van der Waals surface area contributed by atoms with Crippen LogP contribution in [0.2, 0.25) is 18.1 Å². The van der Waals surface area contributed by atoms with Crippen LogP contribution in [0.25, 0.3) is 5.69 Å². The first-order chi connectivity index (χ1) is 18.5. The predicted octanol–water partition coefficient (Wildman–Crippen LogP) is 3.95. The van der Waals surface area contributed by atoms with Gasteiger partial charge in [-0.15, -0.1) is 5.10 Å². The zero-order chi connectivity index (χ0) is 27.9. The molecular weight excluding hydrogens is 514 g/mol. The van der Waals surface area contributed by atoms with Gasteiger partial charge in [-0.25, -0.2) is 4.68 Å². The summed E-state index contributed by atoms with van der Waals surface area (Å²) in [4.78, 5) is 41.3. The first kappa shape index (κ1) is 26.9. The summed E-state index contributed by atoms with van der Waals surface area (Å²) in [6.07, 6.45) is 0. The van der Waals surface area contributed by atoms with Crippen molar-refractivity contribution in [3.8, 4) is 5.69 Å². The third-order valence-corrected chi connectivity index (χ3v) is 12.3. The van der Waals surface area contributed by atoms with E-state index in [1.54, 1.807) is 33.8 Å². The smallest absolute Gasteiger partial charge is 0.261 e. The molecule has 0 N–H and O–H groups in total. The van der Waals surface area contributed by atoms with Gasteiger partial charge in [-0.3, -0.25) is 19.3 Å². The molecule has 0 atom stereocenters. The number of ether oxygens (including phenoxy) is 1. The van der Waals surface area contributed by atoms with Crippen LogP contribution in [-0.2, 0) is 27.1 Å². The Morgan fingerprint density at radius 2 is 1.56 bits per heavy atom. The van der Waals surface area contributed by atoms with E-state index in [1.807, 2.05) is 24.3 Å². The first-order valence-corrected chi connectivity index (χ1v) is 15.9. The zero-order valence-corrected chi connectivity index (χ0v) is 23.9. The summed E-state index contributed by atoms with van der Waals surface area (Å²) in [5.41, 5.74) is 3.46. The number of morpholine rings is 1. The van der Waals surface area contributed by atoms with Crippen molar-refractivity contribution in [2.45, 2.75) is 52.1 Å². The standard InChI is InChI=1S/C28H33N5O5Si/c1-28(2,3)39(4,5)38-17-24-23(16-32-26(35)21-8-6-7-9-22(21)27(32)36)29-30-33(24)20-12-10-19(11-13-20)31-14-15-37-18-25(31)34/h6-13H,14-18H2,1-5H3. The van der Waals surface area contributed by atoms with Gasteiger partial charge in [-0.1, -0.05) is 38.1 Å². The van der Waals surface area contributed by atoms with Gasteiger partial charge in [0.15, 0.2) is 8.32 Å². The van der Waals surface area contributed by atoms with Gasteiger partial charge in [-0.05, 0) is 54.5 Å². The van der Waals surface area contributed by atoms with Crippen molar-refractivity contribution in [1.29, 1.82) is 0 Å². The fourth-order valence-corrected chi connectivity index (χ4v) is 5.30. The Morgan fingerprint density at radius 3 is 2.15 bits per heavy atom. The molecule has 3 heterocycles. The third kappa shape index (κ3) is 5.04. The summed E-state index contributed by atoms with van der Waals surface area (Å²) < 4.78 is 13.5. The van der Waals surface area contributed by atoms with Crippen molar-refractivity contribution < 1.29 is 23.5 Å². The Morgan fingerprint density at radius 1 is 0.949 bits per heavy atom. The maximum absolute atomic E-state index is 13.0. The Bertz CT molecular complexity index is 1390. The summed E-state index contributed by atoms with van der Waals surface area (Å²) in [6.45, 7) is 12.1. The molecule has 204 valence electrons. The van der Waals surface area contributed by atoms with Crippen LogP contribution >= 0.6 is 0 Å². The average Bonchev–Trinajstić information content (AvgIpc) is 3.42. The first-order valence-electron chi connectivity index (χ1n) is 13.0. The Hall–Kier alpha value is -3.67. The molecule has 0 aliphatic carbocycles. The Labute approximate surface area is 228 Å². The summed E-state index contributed by atoms with van der Waals surface area (Å²) in [7, 11) is -2.14. The minimum absolute atomic E-state index is 0.0110. The largest absolute Gasteiger partial charge is 0.411 e. The lowest BCUT2D eigenvalue weighted by Gasteiger charge is -2.36. The molecule has 0 bridgehead atoms. The van der Waals surface area contributed by atoms with Crippen molar-refractivity contribution in [2.75, 3.05) is 24.7 Å². The van der Waals surface area contributed by atoms with Gasteiger partial charge in [-0.2, -0.15) is 0 Å². The maximum atomic E-state index is 13.0. The van der Waals surface area contributed by atoms with Crippen LogP contribution in [0.1, 0.15) is 52.9 Å². The number of fused-ring (bicyclic) bond motifs is 1. The van der Waals surface area contributed by atoms with Gasteiger partial charge < -0.3 is 14.1 Å². The van der Waals surface area contributed by atoms with Crippen molar-refractivity contribution in [2.24, 2.45) is 0 Å². The minimum atomic E-state index is -2.14. The van der Waals surface area contributed by atoms with E-state index in [-0.39, 0.29) is 42.5 Å². The van der Waals surface area contributed by atoms with Gasteiger partial charge in [0, 0.05) is 12.2 Å². The van der Waals surface area contributed by atoms with Crippen LogP contribution in [-0.4, -0.2) is 65.7 Å². The fourth-order valence-electron chi connectivity index (χ4n) is 4.37. The van der Waals surface area contributed by atoms with Crippen LogP contribution in [0.3, 0.4) is 0 Å². The molecule has 3 aromatic rings. The second kappa shape index (κ2) is 10.1. The van der Waals surface area contributed by atoms with Gasteiger partial charge in [0.1, 0.15) is 12.3 Å². The molecule has 1 saturated heterocycles. The second-order valence-corrected chi connectivity index (χ2v) is 16.1. The van der Waals surface area contributed by atoms with Crippen LogP contribution in [0, 0.1) is 0 Å². The van der Waals surface area contributed by atoms with E-state index in [1.165, 1.54) is 4.90 Å². The molecule has 2 aliphatic rings. The highest BCUT2D eigenvalue weighted by atomic mass is 28.4. The van der Waals surface area contributed by atoms with E-state index in [0.29, 0.717) is 35.7 Å². The molecule has 0 spiro atoms. The van der Waals surface area contributed by atoms with Gasteiger partial charge in [0.2, 0.25) is 0 Å². The molecule has 1 aromatic heterocycles. The monoisotopic (exact) mass is 547 g/mol. The third-order valence-electron chi connectivity index (χ3n) is 7.80. The van der Waals surface area contributed by atoms with E-state index in [4.69, 9.17) is 9.16 Å². The summed E-state index contributed by atoms with van der Waals surface area (Å²) in [5, 5.41) is 8.78. The zero-order valence-electron chi connectivity index (χ0n) is 22.9. The van der Waals surface area contributed by atoms with Crippen LogP contribution in [0.15, 0.2) is 48.5 Å². The highest BCUT2D eigenvalue weighted by Crippen LogP contribution is 2.37. The van der Waals surface area contributed by atoms with Crippen LogP contribution in [0.4, 0.5) is 5.69 Å². The number of hydrogen-bond acceptors (Lipinski definition) is 7.